The van der Waals surface area contributed by atoms with E-state index in [0.717, 1.165) is 54.1 Å². The van der Waals surface area contributed by atoms with Gasteiger partial charge < -0.3 is 9.80 Å². The normalized spacial score (nSPS) is 20.4. The van der Waals surface area contributed by atoms with Crippen LogP contribution in [0.15, 0.2) is 6.33 Å². The van der Waals surface area contributed by atoms with E-state index in [1.807, 2.05) is 0 Å². The molecule has 142 valence electrons. The quantitative estimate of drug-likeness (QED) is 0.573. The molecular weight excluding hydrogens is 378 g/mol. The lowest BCUT2D eigenvalue weighted by molar-refractivity contribution is 0.307. The number of rotatable bonds is 1. The topological polar surface area (TPSA) is 45.2 Å². The highest BCUT2D eigenvalue weighted by atomic mass is 35.5. The van der Waals surface area contributed by atoms with Crippen LogP contribution < -0.4 is 4.90 Å². The highest BCUT2D eigenvalue weighted by Crippen LogP contribution is 2.46. The van der Waals surface area contributed by atoms with E-state index in [9.17, 15) is 0 Å². The Labute approximate surface area is 168 Å². The molecule has 5 nitrogen and oxygen atoms in total. The number of likely N-dealkylation sites (N-methyl/N-ethyl adjacent to an activating group) is 1. The third kappa shape index (κ3) is 2.89. The lowest BCUT2D eigenvalue weighted by Gasteiger charge is -2.38. The molecule has 1 aliphatic heterocycles. The van der Waals surface area contributed by atoms with Crippen molar-refractivity contribution in [3.05, 3.63) is 22.6 Å². The van der Waals surface area contributed by atoms with Gasteiger partial charge in [0, 0.05) is 31.6 Å². The van der Waals surface area contributed by atoms with Gasteiger partial charge in [0.15, 0.2) is 0 Å². The van der Waals surface area contributed by atoms with Crippen LogP contribution in [0.2, 0.25) is 5.15 Å². The molecule has 5 rings (SSSR count). The summed E-state index contributed by atoms with van der Waals surface area (Å²) in [4.78, 5) is 19.9. The van der Waals surface area contributed by atoms with Gasteiger partial charge in [0.05, 0.1) is 10.2 Å². The molecule has 4 heterocycles. The van der Waals surface area contributed by atoms with Crippen molar-refractivity contribution in [2.24, 2.45) is 5.41 Å². The number of pyridine rings is 1. The predicted octanol–water partition coefficient (Wildman–Crippen LogP) is 4.16. The van der Waals surface area contributed by atoms with Crippen molar-refractivity contribution in [1.29, 1.82) is 0 Å². The lowest BCUT2D eigenvalue weighted by Crippen LogP contribution is -2.45. The largest absolute Gasteiger partial charge is 0.354 e. The van der Waals surface area contributed by atoms with Gasteiger partial charge in [0.1, 0.15) is 22.1 Å². The highest BCUT2D eigenvalue weighted by Gasteiger charge is 2.32. The van der Waals surface area contributed by atoms with Gasteiger partial charge in [-0.2, -0.15) is 0 Å². The first-order chi connectivity index (χ1) is 12.9. The standard InChI is InChI=1S/C20H24ClN5S/c1-20(2)5-4-12-13(10-20)14-15-16(17(21)23-11-22-15)27-19(14)24-18(12)26-8-6-25(3)7-9-26/h11H,4-10H2,1-3H3. The van der Waals surface area contributed by atoms with Gasteiger partial charge in [-0.25, -0.2) is 15.0 Å². The molecule has 0 aromatic carbocycles. The number of halogens is 1. The number of thiophene rings is 1. The molecule has 2 aliphatic rings. The zero-order chi connectivity index (χ0) is 18.8. The van der Waals surface area contributed by atoms with Gasteiger partial charge in [-0.05, 0) is 42.9 Å². The maximum Gasteiger partial charge on any atom is 0.150 e. The molecule has 0 spiro atoms. The molecule has 27 heavy (non-hydrogen) atoms. The highest BCUT2D eigenvalue weighted by molar-refractivity contribution is 7.26. The minimum atomic E-state index is 0.297. The molecule has 0 bridgehead atoms. The molecule has 0 N–H and O–H groups in total. The van der Waals surface area contributed by atoms with Crippen LogP contribution in [-0.2, 0) is 12.8 Å². The van der Waals surface area contributed by atoms with Crippen LogP contribution in [0.4, 0.5) is 5.82 Å². The fourth-order valence-electron chi connectivity index (χ4n) is 4.44. The van der Waals surface area contributed by atoms with Crippen molar-refractivity contribution in [2.75, 3.05) is 38.1 Å². The molecule has 0 atom stereocenters. The van der Waals surface area contributed by atoms with Crippen LogP contribution in [0.25, 0.3) is 20.4 Å². The van der Waals surface area contributed by atoms with E-state index in [4.69, 9.17) is 16.6 Å². The second-order valence-electron chi connectivity index (χ2n) is 8.65. The summed E-state index contributed by atoms with van der Waals surface area (Å²) in [5.41, 5.74) is 4.14. The van der Waals surface area contributed by atoms with E-state index < -0.39 is 0 Å². The van der Waals surface area contributed by atoms with Crippen molar-refractivity contribution in [2.45, 2.75) is 33.1 Å². The van der Waals surface area contributed by atoms with Crippen LogP contribution in [0.1, 0.15) is 31.4 Å². The Balaban J connectivity index is 1.77. The molecule has 0 unspecified atom stereocenters. The molecule has 1 saturated heterocycles. The fourth-order valence-corrected chi connectivity index (χ4v) is 5.72. The molecule has 0 radical (unpaired) electrons. The van der Waals surface area contributed by atoms with Crippen molar-refractivity contribution in [3.8, 4) is 0 Å². The summed E-state index contributed by atoms with van der Waals surface area (Å²) in [6, 6.07) is 0. The molecule has 3 aromatic heterocycles. The molecule has 0 saturated carbocycles. The van der Waals surface area contributed by atoms with Crippen molar-refractivity contribution in [3.63, 3.8) is 0 Å². The number of nitrogens with zero attached hydrogens (tertiary/aromatic N) is 5. The molecule has 3 aromatic rings. The zero-order valence-electron chi connectivity index (χ0n) is 16.0. The van der Waals surface area contributed by atoms with E-state index in [-0.39, 0.29) is 0 Å². The third-order valence-electron chi connectivity index (χ3n) is 6.06. The summed E-state index contributed by atoms with van der Waals surface area (Å²) >= 11 is 8.02. The molecule has 7 heteroatoms. The van der Waals surface area contributed by atoms with E-state index in [0.29, 0.717) is 10.6 Å². The molecule has 1 fully saturated rings. The van der Waals surface area contributed by atoms with Crippen LogP contribution in [0.3, 0.4) is 0 Å². The van der Waals surface area contributed by atoms with Crippen molar-refractivity contribution < 1.29 is 0 Å². The van der Waals surface area contributed by atoms with Crippen molar-refractivity contribution in [1.82, 2.24) is 19.9 Å². The van der Waals surface area contributed by atoms with Crippen LogP contribution in [0, 0.1) is 5.41 Å². The lowest BCUT2D eigenvalue weighted by atomic mass is 9.73. The summed E-state index contributed by atoms with van der Waals surface area (Å²) in [7, 11) is 2.19. The summed E-state index contributed by atoms with van der Waals surface area (Å²) in [6.45, 7) is 8.99. The smallest absolute Gasteiger partial charge is 0.150 e. The minimum Gasteiger partial charge on any atom is -0.354 e. The first kappa shape index (κ1) is 17.6. The SMILES string of the molecule is CN1CCN(c2nc3sc4c(Cl)ncnc4c3c3c2CCC(C)(C)C3)CC1. The van der Waals surface area contributed by atoms with E-state index in [2.05, 4.69) is 40.7 Å². The minimum absolute atomic E-state index is 0.297. The van der Waals surface area contributed by atoms with Crippen LogP contribution >= 0.6 is 22.9 Å². The number of hydrogen-bond acceptors (Lipinski definition) is 6. The van der Waals surface area contributed by atoms with Gasteiger partial charge >= 0.3 is 0 Å². The first-order valence-corrected chi connectivity index (χ1v) is 10.8. The van der Waals surface area contributed by atoms with E-state index in [1.54, 1.807) is 17.7 Å². The summed E-state index contributed by atoms with van der Waals surface area (Å²) in [5, 5.41) is 1.74. The number of aromatic nitrogens is 3. The Morgan fingerprint density at radius 1 is 1.11 bits per heavy atom. The molecule has 1 aliphatic carbocycles. The van der Waals surface area contributed by atoms with Crippen molar-refractivity contribution >= 4 is 49.2 Å². The number of fused-ring (bicyclic) bond motifs is 5. The number of hydrogen-bond donors (Lipinski definition) is 0. The maximum absolute atomic E-state index is 6.39. The first-order valence-electron chi connectivity index (χ1n) is 9.61. The predicted molar refractivity (Wildman–Crippen MR) is 113 cm³/mol. The van der Waals surface area contributed by atoms with Gasteiger partial charge in [0.25, 0.3) is 0 Å². The average Bonchev–Trinajstić information content (AvgIpc) is 3.01. The monoisotopic (exact) mass is 401 g/mol. The van der Waals surface area contributed by atoms with Gasteiger partial charge in [-0.1, -0.05) is 25.4 Å². The Morgan fingerprint density at radius 3 is 2.67 bits per heavy atom. The molecule has 0 amide bonds. The van der Waals surface area contributed by atoms with E-state index in [1.165, 1.54) is 28.8 Å². The zero-order valence-corrected chi connectivity index (χ0v) is 17.6. The second-order valence-corrected chi connectivity index (χ2v) is 10.0. The third-order valence-corrected chi connectivity index (χ3v) is 7.54. The number of anilines is 1. The maximum atomic E-state index is 6.39. The van der Waals surface area contributed by atoms with Crippen LogP contribution in [0.5, 0.6) is 0 Å². The average molecular weight is 402 g/mol. The Hall–Kier alpha value is -1.50. The van der Waals surface area contributed by atoms with Crippen LogP contribution in [-0.4, -0.2) is 53.1 Å². The number of piperazine rings is 1. The Kier molecular flexibility index (Phi) is 4.08. The second kappa shape index (κ2) is 6.26. The van der Waals surface area contributed by atoms with Gasteiger partial charge in [0.2, 0.25) is 0 Å². The van der Waals surface area contributed by atoms with Gasteiger partial charge in [-0.15, -0.1) is 11.3 Å². The van der Waals surface area contributed by atoms with Gasteiger partial charge in [-0.3, -0.25) is 0 Å². The Bertz CT molecular complexity index is 1040. The molecular formula is C20H24ClN5S. The fraction of sp³-hybridized carbons (Fsp3) is 0.550. The summed E-state index contributed by atoms with van der Waals surface area (Å²) < 4.78 is 0.961. The Morgan fingerprint density at radius 2 is 1.89 bits per heavy atom. The van der Waals surface area contributed by atoms with E-state index >= 15 is 0 Å². The summed E-state index contributed by atoms with van der Waals surface area (Å²) in [6.07, 6.45) is 4.93. The summed E-state index contributed by atoms with van der Waals surface area (Å²) in [5.74, 6) is 1.19.